The predicted octanol–water partition coefficient (Wildman–Crippen LogP) is 1.31. The van der Waals surface area contributed by atoms with Gasteiger partial charge in [-0.1, -0.05) is 17.8 Å². The number of β-lactam (4-membered cyclic amide) rings is 1. The molecule has 138 valence electrons. The topological polar surface area (TPSA) is 104 Å². The zero-order valence-electron chi connectivity index (χ0n) is 13.8. The van der Waals surface area contributed by atoms with E-state index in [4.69, 9.17) is 0 Å². The van der Waals surface area contributed by atoms with Gasteiger partial charge < -0.3 is 10.4 Å². The second-order valence-electron chi connectivity index (χ2n) is 5.75. The lowest BCUT2D eigenvalue weighted by atomic mass is 10.0. The molecule has 2 aliphatic heterocycles. The smallest absolute Gasteiger partial charge is 0.352 e. The van der Waals surface area contributed by atoms with Crippen molar-refractivity contribution in [1.82, 2.24) is 10.2 Å². The van der Waals surface area contributed by atoms with Crippen molar-refractivity contribution < 1.29 is 24.3 Å². The molecule has 1 aromatic heterocycles. The molecular formula is C16H16N2O5S3. The fourth-order valence-corrected chi connectivity index (χ4v) is 5.57. The number of thiophene rings is 1. The van der Waals surface area contributed by atoms with Crippen molar-refractivity contribution >= 4 is 57.8 Å². The number of hydrogen-bond acceptors (Lipinski definition) is 7. The predicted molar refractivity (Wildman–Crippen MR) is 101 cm³/mol. The first kappa shape index (κ1) is 19.0. The number of carboxylic acid groups (broad SMARTS) is 1. The molecule has 0 aliphatic carbocycles. The van der Waals surface area contributed by atoms with Crippen molar-refractivity contribution in [2.75, 3.05) is 11.5 Å². The van der Waals surface area contributed by atoms with Gasteiger partial charge in [-0.05, 0) is 17.0 Å². The summed E-state index contributed by atoms with van der Waals surface area (Å²) in [6.45, 7) is 1.42. The van der Waals surface area contributed by atoms with Gasteiger partial charge in [0.2, 0.25) is 5.91 Å². The van der Waals surface area contributed by atoms with E-state index in [1.807, 2.05) is 17.5 Å². The first-order chi connectivity index (χ1) is 12.4. The van der Waals surface area contributed by atoms with Crippen LogP contribution < -0.4 is 5.32 Å². The molecular weight excluding hydrogens is 396 g/mol. The van der Waals surface area contributed by atoms with Crippen LogP contribution in [0.4, 0.5) is 0 Å². The molecule has 2 atom stereocenters. The van der Waals surface area contributed by atoms with Crippen molar-refractivity contribution in [3.05, 3.63) is 33.7 Å². The lowest BCUT2D eigenvalue weighted by Crippen LogP contribution is -2.70. The highest BCUT2D eigenvalue weighted by Gasteiger charge is 2.54. The summed E-state index contributed by atoms with van der Waals surface area (Å²) in [4.78, 5) is 49.5. The molecule has 0 bridgehead atoms. The molecule has 3 rings (SSSR count). The zero-order chi connectivity index (χ0) is 18.8. The van der Waals surface area contributed by atoms with Crippen molar-refractivity contribution in [3.8, 4) is 0 Å². The van der Waals surface area contributed by atoms with E-state index in [0.29, 0.717) is 11.3 Å². The monoisotopic (exact) mass is 412 g/mol. The Kier molecular flexibility index (Phi) is 5.73. The Morgan fingerprint density at radius 1 is 1.42 bits per heavy atom. The molecule has 2 amide bonds. The summed E-state index contributed by atoms with van der Waals surface area (Å²) in [6, 6.07) is 2.98. The van der Waals surface area contributed by atoms with E-state index in [2.05, 4.69) is 5.32 Å². The second kappa shape index (κ2) is 7.85. The van der Waals surface area contributed by atoms with Crippen LogP contribution in [0.15, 0.2) is 28.8 Å². The summed E-state index contributed by atoms with van der Waals surface area (Å²) in [5.74, 6) is -1.22. The largest absolute Gasteiger partial charge is 0.477 e. The lowest BCUT2D eigenvalue weighted by molar-refractivity contribution is -0.150. The van der Waals surface area contributed by atoms with Crippen molar-refractivity contribution in [3.63, 3.8) is 0 Å². The fraction of sp³-hybridized carbons (Fsp3) is 0.375. The van der Waals surface area contributed by atoms with Crippen LogP contribution in [0.1, 0.15) is 11.8 Å². The van der Waals surface area contributed by atoms with E-state index in [9.17, 15) is 24.3 Å². The molecule has 0 radical (unpaired) electrons. The average Bonchev–Trinajstić information content (AvgIpc) is 3.09. The molecule has 0 aromatic carbocycles. The van der Waals surface area contributed by atoms with Crippen molar-refractivity contribution in [2.45, 2.75) is 24.8 Å². The van der Waals surface area contributed by atoms with E-state index < -0.39 is 23.3 Å². The normalized spacial score (nSPS) is 21.9. The highest BCUT2D eigenvalue weighted by molar-refractivity contribution is 8.13. The van der Waals surface area contributed by atoms with E-state index >= 15 is 0 Å². The number of carboxylic acids is 1. The van der Waals surface area contributed by atoms with Gasteiger partial charge in [0.1, 0.15) is 17.1 Å². The number of nitrogens with one attached hydrogen (secondary N) is 1. The first-order valence-corrected chi connectivity index (χ1v) is 10.6. The summed E-state index contributed by atoms with van der Waals surface area (Å²) in [6.07, 6.45) is 0.195. The van der Waals surface area contributed by atoms with Crippen LogP contribution in [0.5, 0.6) is 0 Å². The van der Waals surface area contributed by atoms with Crippen LogP contribution in [-0.4, -0.2) is 55.8 Å². The minimum Gasteiger partial charge on any atom is -0.477 e. The third kappa shape index (κ3) is 3.81. The number of aliphatic carboxylic acids is 1. The average molecular weight is 413 g/mol. The van der Waals surface area contributed by atoms with Gasteiger partial charge in [-0.3, -0.25) is 19.3 Å². The Labute approximate surface area is 162 Å². The molecule has 1 aromatic rings. The standard InChI is InChI=1S/C16H16N2O5S3/c1-8(19)25-6-9-7-26-15-12(14(21)18(15)13(9)16(22)23)17-11(20)5-10-3-2-4-24-10/h2-4,12,15H,5-7H2,1H3,(H,17,20)(H,22,23)/t12-,15-/m1/s1. The Morgan fingerprint density at radius 3 is 2.81 bits per heavy atom. The lowest BCUT2D eigenvalue weighted by Gasteiger charge is -2.49. The van der Waals surface area contributed by atoms with Crippen molar-refractivity contribution in [1.29, 1.82) is 0 Å². The maximum Gasteiger partial charge on any atom is 0.352 e. The molecule has 0 spiro atoms. The van der Waals surface area contributed by atoms with Crippen LogP contribution >= 0.6 is 34.9 Å². The van der Waals surface area contributed by atoms with E-state index in [0.717, 1.165) is 16.6 Å². The Hall–Kier alpha value is -1.78. The number of hydrogen-bond donors (Lipinski definition) is 2. The third-order valence-electron chi connectivity index (χ3n) is 3.93. The molecule has 0 saturated carbocycles. The molecule has 1 fully saturated rings. The summed E-state index contributed by atoms with van der Waals surface area (Å²) >= 11 is 3.89. The van der Waals surface area contributed by atoms with Gasteiger partial charge in [-0.15, -0.1) is 23.1 Å². The van der Waals surface area contributed by atoms with Gasteiger partial charge in [0.25, 0.3) is 5.91 Å². The minimum atomic E-state index is -1.19. The molecule has 3 heterocycles. The quantitative estimate of drug-likeness (QED) is 0.679. The second-order valence-corrected chi connectivity index (χ2v) is 9.04. The van der Waals surface area contributed by atoms with Gasteiger partial charge in [0.15, 0.2) is 5.12 Å². The minimum absolute atomic E-state index is 0.0590. The number of nitrogens with zero attached hydrogens (tertiary/aromatic N) is 1. The Bertz CT molecular complexity index is 790. The summed E-state index contributed by atoms with van der Waals surface area (Å²) in [7, 11) is 0. The van der Waals surface area contributed by atoms with E-state index in [1.165, 1.54) is 34.9 Å². The number of thioether (sulfide) groups is 2. The molecule has 2 aliphatic rings. The van der Waals surface area contributed by atoms with Crippen LogP contribution in [-0.2, 0) is 25.6 Å². The first-order valence-electron chi connectivity index (χ1n) is 7.73. The van der Waals surface area contributed by atoms with Crippen LogP contribution in [0.3, 0.4) is 0 Å². The van der Waals surface area contributed by atoms with Crippen LogP contribution in [0.2, 0.25) is 0 Å². The summed E-state index contributed by atoms with van der Waals surface area (Å²) in [5.41, 5.74) is 0.493. The number of carbonyl (C=O) groups is 4. The van der Waals surface area contributed by atoms with E-state index in [-0.39, 0.29) is 28.9 Å². The summed E-state index contributed by atoms with van der Waals surface area (Å²) in [5, 5.41) is 13.6. The number of rotatable bonds is 6. The number of amides is 2. The molecule has 26 heavy (non-hydrogen) atoms. The molecule has 7 nitrogen and oxygen atoms in total. The third-order valence-corrected chi connectivity index (χ3v) is 7.05. The van der Waals surface area contributed by atoms with Crippen molar-refractivity contribution in [2.24, 2.45) is 0 Å². The molecule has 0 unspecified atom stereocenters. The Morgan fingerprint density at radius 2 is 2.19 bits per heavy atom. The molecule has 1 saturated heterocycles. The van der Waals surface area contributed by atoms with Crippen LogP contribution in [0.25, 0.3) is 0 Å². The number of carbonyl (C=O) groups excluding carboxylic acids is 3. The van der Waals surface area contributed by atoms with Gasteiger partial charge in [0.05, 0.1) is 6.42 Å². The zero-order valence-corrected chi connectivity index (χ0v) is 16.2. The van der Waals surface area contributed by atoms with Crippen LogP contribution in [0, 0.1) is 0 Å². The summed E-state index contributed by atoms with van der Waals surface area (Å²) < 4.78 is 0. The van der Waals surface area contributed by atoms with E-state index in [1.54, 1.807) is 0 Å². The fourth-order valence-electron chi connectivity index (χ4n) is 2.78. The van der Waals surface area contributed by atoms with Gasteiger partial charge in [0, 0.05) is 23.3 Å². The highest BCUT2D eigenvalue weighted by atomic mass is 32.2. The van der Waals surface area contributed by atoms with Gasteiger partial charge in [-0.2, -0.15) is 0 Å². The Balaban J connectivity index is 1.69. The maximum absolute atomic E-state index is 12.5. The molecule has 2 N–H and O–H groups in total. The molecule has 10 heteroatoms. The highest BCUT2D eigenvalue weighted by Crippen LogP contribution is 2.41. The van der Waals surface area contributed by atoms with Gasteiger partial charge in [-0.25, -0.2) is 4.79 Å². The SMILES string of the molecule is CC(=O)SCC1=C(C(=O)O)N2C(=O)[C@@H](NC(=O)Cc3cccs3)[C@H]2SC1. The number of fused-ring (bicyclic) bond motifs is 1. The maximum atomic E-state index is 12.5. The van der Waals surface area contributed by atoms with Gasteiger partial charge >= 0.3 is 5.97 Å².